The molecule has 0 aromatic heterocycles. The van der Waals surface area contributed by atoms with Crippen molar-refractivity contribution in [3.63, 3.8) is 0 Å². The molecule has 0 aromatic carbocycles. The van der Waals surface area contributed by atoms with Crippen molar-refractivity contribution in [3.05, 3.63) is 0 Å². The topological polar surface area (TPSA) is 20.3 Å². The lowest BCUT2D eigenvalue weighted by Crippen LogP contribution is -2.44. The molecule has 0 aliphatic carbocycles. The molecule has 2 nitrogen and oxygen atoms in total. The van der Waals surface area contributed by atoms with Crippen molar-refractivity contribution in [1.29, 1.82) is 0 Å². The van der Waals surface area contributed by atoms with Crippen molar-refractivity contribution in [1.82, 2.24) is 4.90 Å². The van der Waals surface area contributed by atoms with Gasteiger partial charge in [0.25, 0.3) is 0 Å². The molecule has 0 N–H and O–H groups in total. The van der Waals surface area contributed by atoms with Gasteiger partial charge in [0.05, 0.1) is 0 Å². The highest BCUT2D eigenvalue weighted by Gasteiger charge is 2.30. The summed E-state index contributed by atoms with van der Waals surface area (Å²) >= 11 is 0. The molecule has 1 atom stereocenters. The summed E-state index contributed by atoms with van der Waals surface area (Å²) in [4.78, 5) is 14.3. The largest absolute Gasteiger partial charge is 0.339 e. The molecule has 1 rings (SSSR count). The quantitative estimate of drug-likeness (QED) is 0.732. The van der Waals surface area contributed by atoms with Crippen LogP contribution in [0.1, 0.15) is 66.7 Å². The van der Waals surface area contributed by atoms with E-state index in [1.54, 1.807) is 0 Å². The summed E-state index contributed by atoms with van der Waals surface area (Å²) in [5.41, 5.74) is 0.293. The first-order chi connectivity index (χ1) is 7.81. The molecule has 1 amide bonds. The van der Waals surface area contributed by atoms with E-state index in [1.807, 2.05) is 0 Å². The number of carbonyl (C=O) groups is 1. The third-order valence-corrected chi connectivity index (χ3v) is 3.60. The summed E-state index contributed by atoms with van der Waals surface area (Å²) < 4.78 is 0. The van der Waals surface area contributed by atoms with Gasteiger partial charge in [0.1, 0.15) is 0 Å². The zero-order valence-electron chi connectivity index (χ0n) is 12.3. The average Bonchev–Trinajstić information content (AvgIpc) is 2.38. The number of amides is 1. The highest BCUT2D eigenvalue weighted by Crippen LogP contribution is 2.29. The first-order valence-electron chi connectivity index (χ1n) is 7.11. The van der Waals surface area contributed by atoms with Gasteiger partial charge < -0.3 is 4.90 Å². The SMILES string of the molecule is CC(C)C(CC(C)(C)C)N1CCCCCC1=O. The van der Waals surface area contributed by atoms with Crippen LogP contribution < -0.4 is 0 Å². The Morgan fingerprint density at radius 2 is 1.82 bits per heavy atom. The second-order valence-corrected chi connectivity index (χ2v) is 6.97. The van der Waals surface area contributed by atoms with Crippen LogP contribution in [0.4, 0.5) is 0 Å². The fourth-order valence-electron chi connectivity index (χ4n) is 2.69. The molecule has 1 aliphatic heterocycles. The van der Waals surface area contributed by atoms with Gasteiger partial charge in [-0.15, -0.1) is 0 Å². The number of hydrogen-bond donors (Lipinski definition) is 0. The van der Waals surface area contributed by atoms with Gasteiger partial charge in [-0.05, 0) is 30.6 Å². The van der Waals surface area contributed by atoms with E-state index in [9.17, 15) is 4.79 Å². The first kappa shape index (κ1) is 14.5. The summed E-state index contributed by atoms with van der Waals surface area (Å²) in [6.07, 6.45) is 5.33. The van der Waals surface area contributed by atoms with Crippen LogP contribution in [-0.4, -0.2) is 23.4 Å². The molecule has 1 unspecified atom stereocenters. The molecule has 17 heavy (non-hydrogen) atoms. The molecule has 1 heterocycles. The summed E-state index contributed by atoms with van der Waals surface area (Å²) in [7, 11) is 0. The van der Waals surface area contributed by atoms with Crippen molar-refractivity contribution >= 4 is 5.91 Å². The Labute approximate surface area is 107 Å². The van der Waals surface area contributed by atoms with E-state index >= 15 is 0 Å². The maximum Gasteiger partial charge on any atom is 0.222 e. The van der Waals surface area contributed by atoms with Crippen molar-refractivity contribution in [2.24, 2.45) is 11.3 Å². The minimum atomic E-state index is 0.293. The lowest BCUT2D eigenvalue weighted by atomic mass is 9.83. The van der Waals surface area contributed by atoms with Gasteiger partial charge in [0.2, 0.25) is 5.91 Å². The molecule has 2 heteroatoms. The van der Waals surface area contributed by atoms with Crippen LogP contribution in [0.3, 0.4) is 0 Å². The van der Waals surface area contributed by atoms with Crippen LogP contribution in [0.15, 0.2) is 0 Å². The fourth-order valence-corrected chi connectivity index (χ4v) is 2.69. The molecule has 0 bridgehead atoms. The van der Waals surface area contributed by atoms with Gasteiger partial charge in [0.15, 0.2) is 0 Å². The van der Waals surface area contributed by atoms with E-state index in [2.05, 4.69) is 39.5 Å². The second kappa shape index (κ2) is 5.88. The normalized spacial score (nSPS) is 20.6. The van der Waals surface area contributed by atoms with Crippen molar-refractivity contribution in [2.75, 3.05) is 6.54 Å². The summed E-state index contributed by atoms with van der Waals surface area (Å²) in [6, 6.07) is 0.417. The molecule has 1 fully saturated rings. The maximum absolute atomic E-state index is 12.2. The molecule has 100 valence electrons. The minimum Gasteiger partial charge on any atom is -0.339 e. The van der Waals surface area contributed by atoms with Crippen molar-refractivity contribution < 1.29 is 4.79 Å². The number of likely N-dealkylation sites (tertiary alicyclic amines) is 1. The van der Waals surface area contributed by atoms with Crippen molar-refractivity contribution in [2.45, 2.75) is 72.8 Å². The van der Waals surface area contributed by atoms with Crippen LogP contribution in [0.25, 0.3) is 0 Å². The molecule has 0 spiro atoms. The Bertz CT molecular complexity index is 252. The van der Waals surface area contributed by atoms with E-state index in [1.165, 1.54) is 12.8 Å². The van der Waals surface area contributed by atoms with Gasteiger partial charge in [-0.2, -0.15) is 0 Å². The third-order valence-electron chi connectivity index (χ3n) is 3.60. The molecular weight excluding hydrogens is 210 g/mol. The van der Waals surface area contributed by atoms with Gasteiger partial charge in [-0.1, -0.05) is 41.0 Å². The van der Waals surface area contributed by atoms with E-state index < -0.39 is 0 Å². The van der Waals surface area contributed by atoms with Gasteiger partial charge in [-0.3, -0.25) is 4.79 Å². The second-order valence-electron chi connectivity index (χ2n) is 6.97. The van der Waals surface area contributed by atoms with Gasteiger partial charge in [0, 0.05) is 19.0 Å². The molecule has 0 radical (unpaired) electrons. The number of carbonyl (C=O) groups excluding carboxylic acids is 1. The maximum atomic E-state index is 12.2. The summed E-state index contributed by atoms with van der Waals surface area (Å²) in [6.45, 7) is 12.3. The Balaban J connectivity index is 2.77. The average molecular weight is 239 g/mol. The van der Waals surface area contributed by atoms with Crippen LogP contribution in [-0.2, 0) is 4.79 Å². The van der Waals surface area contributed by atoms with Crippen LogP contribution >= 0.6 is 0 Å². The van der Waals surface area contributed by atoms with E-state index in [0.29, 0.717) is 23.3 Å². The fraction of sp³-hybridized carbons (Fsp3) is 0.933. The first-order valence-corrected chi connectivity index (χ1v) is 7.11. The van der Waals surface area contributed by atoms with Crippen LogP contribution in [0, 0.1) is 11.3 Å². The Morgan fingerprint density at radius 3 is 2.35 bits per heavy atom. The molecule has 0 saturated carbocycles. The Morgan fingerprint density at radius 1 is 1.18 bits per heavy atom. The third kappa shape index (κ3) is 4.69. The molecule has 0 aromatic rings. The summed E-state index contributed by atoms with van der Waals surface area (Å²) in [5.74, 6) is 0.932. The predicted octanol–water partition coefficient (Wildman–Crippen LogP) is 3.85. The Kier molecular flexibility index (Phi) is 5.03. The summed E-state index contributed by atoms with van der Waals surface area (Å²) in [5, 5.41) is 0. The van der Waals surface area contributed by atoms with Crippen molar-refractivity contribution in [3.8, 4) is 0 Å². The van der Waals surface area contributed by atoms with Crippen LogP contribution in [0.2, 0.25) is 0 Å². The monoisotopic (exact) mass is 239 g/mol. The number of nitrogens with zero attached hydrogens (tertiary/aromatic N) is 1. The lowest BCUT2D eigenvalue weighted by molar-refractivity contribution is -0.134. The lowest BCUT2D eigenvalue weighted by Gasteiger charge is -2.37. The Hall–Kier alpha value is -0.530. The zero-order valence-corrected chi connectivity index (χ0v) is 12.3. The van der Waals surface area contributed by atoms with E-state index in [4.69, 9.17) is 0 Å². The zero-order chi connectivity index (χ0) is 13.1. The number of hydrogen-bond acceptors (Lipinski definition) is 1. The van der Waals surface area contributed by atoms with E-state index in [-0.39, 0.29) is 0 Å². The standard InChI is InChI=1S/C15H29NO/c1-12(2)13(11-15(3,4)5)16-10-8-6-7-9-14(16)17/h12-13H,6-11H2,1-5H3. The van der Waals surface area contributed by atoms with E-state index in [0.717, 1.165) is 25.8 Å². The molecule has 1 aliphatic rings. The molecule has 1 saturated heterocycles. The highest BCUT2D eigenvalue weighted by atomic mass is 16.2. The van der Waals surface area contributed by atoms with Gasteiger partial charge in [-0.25, -0.2) is 0 Å². The number of rotatable bonds is 3. The molecular formula is C15H29NO. The highest BCUT2D eigenvalue weighted by molar-refractivity contribution is 5.76. The smallest absolute Gasteiger partial charge is 0.222 e. The predicted molar refractivity (Wildman–Crippen MR) is 72.9 cm³/mol. The van der Waals surface area contributed by atoms with Crippen LogP contribution in [0.5, 0.6) is 0 Å². The van der Waals surface area contributed by atoms with Gasteiger partial charge >= 0.3 is 0 Å². The minimum absolute atomic E-state index is 0.293.